The second kappa shape index (κ2) is 7.81. The van der Waals surface area contributed by atoms with Gasteiger partial charge in [-0.25, -0.2) is 9.78 Å². The number of rotatable bonds is 5. The minimum Gasteiger partial charge on any atom is -0.465 e. The first-order valence-electron chi connectivity index (χ1n) is 8.92. The summed E-state index contributed by atoms with van der Waals surface area (Å²) in [5.74, 6) is -0.249. The molecule has 4 rings (SSSR count). The van der Waals surface area contributed by atoms with Crippen LogP contribution in [-0.4, -0.2) is 43.1 Å². The molecule has 2 amide bonds. The van der Waals surface area contributed by atoms with Gasteiger partial charge in [0.15, 0.2) is 5.13 Å². The van der Waals surface area contributed by atoms with Gasteiger partial charge in [-0.05, 0) is 42.7 Å². The van der Waals surface area contributed by atoms with Gasteiger partial charge in [0.2, 0.25) is 0 Å². The molecule has 0 unspecified atom stereocenters. The Morgan fingerprint density at radius 2 is 2.11 bits per heavy atom. The summed E-state index contributed by atoms with van der Waals surface area (Å²) in [5, 5.41) is 14.4. The molecule has 1 aliphatic heterocycles. The van der Waals surface area contributed by atoms with Crippen LogP contribution in [0.15, 0.2) is 48.2 Å². The van der Waals surface area contributed by atoms with Crippen molar-refractivity contribution < 1.29 is 14.7 Å². The molecular formula is C19H19N5O3S. The summed E-state index contributed by atoms with van der Waals surface area (Å²) in [6, 6.07) is 7.16. The number of anilines is 1. The molecule has 0 saturated carbocycles. The van der Waals surface area contributed by atoms with Gasteiger partial charge in [-0.3, -0.25) is 20.0 Å². The van der Waals surface area contributed by atoms with Crippen molar-refractivity contribution in [3.63, 3.8) is 0 Å². The summed E-state index contributed by atoms with van der Waals surface area (Å²) in [6.45, 7) is 1.08. The molecule has 28 heavy (non-hydrogen) atoms. The van der Waals surface area contributed by atoms with Crippen LogP contribution in [0.2, 0.25) is 0 Å². The molecule has 1 aliphatic rings. The van der Waals surface area contributed by atoms with Crippen LogP contribution in [0, 0.1) is 0 Å². The molecule has 2 N–H and O–H groups in total. The molecular weight excluding hydrogens is 378 g/mol. The molecule has 0 aliphatic carbocycles. The standard InChI is InChI=1S/C19H19N5O3S/c25-17(16-4-1-9-23(16)11-13-5-7-20-8-6-13)22-18-21-14(12-28-18)15-3-2-10-24(15)19(26)27/h1,4-9,12,15H,2-3,10-11H2,(H,26,27)(H,21,22,25)/t15-/m1/s1. The SMILES string of the molecule is O=C(Nc1nc([C@H]2CCCN2C(=O)O)cs1)c1cccn1Cc1ccncc1. The highest BCUT2D eigenvalue weighted by atomic mass is 32.1. The molecule has 8 nitrogen and oxygen atoms in total. The lowest BCUT2D eigenvalue weighted by molar-refractivity contribution is 0.101. The first kappa shape index (κ1) is 18.2. The van der Waals surface area contributed by atoms with E-state index in [2.05, 4.69) is 15.3 Å². The van der Waals surface area contributed by atoms with Crippen LogP contribution in [0.3, 0.4) is 0 Å². The number of amides is 2. The monoisotopic (exact) mass is 397 g/mol. The zero-order valence-corrected chi connectivity index (χ0v) is 15.8. The third kappa shape index (κ3) is 3.74. The van der Waals surface area contributed by atoms with Gasteiger partial charge in [0.1, 0.15) is 5.69 Å². The van der Waals surface area contributed by atoms with Crippen molar-refractivity contribution in [2.24, 2.45) is 0 Å². The van der Waals surface area contributed by atoms with E-state index in [1.807, 2.05) is 34.3 Å². The number of carbonyl (C=O) groups excluding carboxylic acids is 1. The van der Waals surface area contributed by atoms with Crippen molar-refractivity contribution in [1.29, 1.82) is 0 Å². The van der Waals surface area contributed by atoms with E-state index in [0.717, 1.165) is 18.4 Å². The third-order valence-corrected chi connectivity index (χ3v) is 5.52. The van der Waals surface area contributed by atoms with E-state index in [1.165, 1.54) is 16.2 Å². The number of hydrogen-bond donors (Lipinski definition) is 2. The number of nitrogens with zero attached hydrogens (tertiary/aromatic N) is 4. The summed E-state index contributed by atoms with van der Waals surface area (Å²) < 4.78 is 1.86. The first-order chi connectivity index (χ1) is 13.6. The Morgan fingerprint density at radius 1 is 1.29 bits per heavy atom. The van der Waals surface area contributed by atoms with Crippen molar-refractivity contribution in [2.45, 2.75) is 25.4 Å². The van der Waals surface area contributed by atoms with E-state index < -0.39 is 6.09 Å². The fourth-order valence-corrected chi connectivity index (χ4v) is 4.16. The van der Waals surface area contributed by atoms with Gasteiger partial charge in [-0.2, -0.15) is 0 Å². The highest BCUT2D eigenvalue weighted by Gasteiger charge is 2.31. The summed E-state index contributed by atoms with van der Waals surface area (Å²) in [5.41, 5.74) is 2.26. The molecule has 3 aromatic heterocycles. The normalized spacial score (nSPS) is 16.3. The van der Waals surface area contributed by atoms with Crippen molar-refractivity contribution in [1.82, 2.24) is 19.4 Å². The quantitative estimate of drug-likeness (QED) is 0.687. The van der Waals surface area contributed by atoms with Crippen molar-refractivity contribution in [3.8, 4) is 0 Å². The van der Waals surface area contributed by atoms with Crippen LogP contribution < -0.4 is 5.32 Å². The molecule has 0 bridgehead atoms. The zero-order valence-electron chi connectivity index (χ0n) is 15.0. The predicted octanol–water partition coefficient (Wildman–Crippen LogP) is 3.46. The van der Waals surface area contributed by atoms with Crippen LogP contribution in [0.25, 0.3) is 0 Å². The Bertz CT molecular complexity index is 984. The Morgan fingerprint density at radius 3 is 2.89 bits per heavy atom. The van der Waals surface area contributed by atoms with Crippen molar-refractivity contribution in [3.05, 3.63) is 65.2 Å². The van der Waals surface area contributed by atoms with Gasteiger partial charge in [0.25, 0.3) is 5.91 Å². The number of likely N-dealkylation sites (tertiary alicyclic amines) is 1. The maximum Gasteiger partial charge on any atom is 0.407 e. The molecule has 4 heterocycles. The van der Waals surface area contributed by atoms with Gasteiger partial charge < -0.3 is 9.67 Å². The number of carboxylic acid groups (broad SMARTS) is 1. The van der Waals surface area contributed by atoms with E-state index in [4.69, 9.17) is 0 Å². The number of hydrogen-bond acceptors (Lipinski definition) is 5. The fourth-order valence-electron chi connectivity index (χ4n) is 3.40. The topological polar surface area (TPSA) is 100 Å². The molecule has 1 saturated heterocycles. The van der Waals surface area contributed by atoms with Gasteiger partial charge in [0, 0.05) is 37.1 Å². The lowest BCUT2D eigenvalue weighted by atomic mass is 10.2. The van der Waals surface area contributed by atoms with Crippen LogP contribution in [0.1, 0.15) is 40.6 Å². The molecule has 1 fully saturated rings. The maximum atomic E-state index is 12.7. The lowest BCUT2D eigenvalue weighted by Gasteiger charge is -2.19. The highest BCUT2D eigenvalue weighted by molar-refractivity contribution is 7.14. The van der Waals surface area contributed by atoms with Crippen LogP contribution in [0.5, 0.6) is 0 Å². The predicted molar refractivity (Wildman–Crippen MR) is 105 cm³/mol. The second-order valence-corrected chi connectivity index (χ2v) is 7.40. The summed E-state index contributed by atoms with van der Waals surface area (Å²) >= 11 is 1.31. The van der Waals surface area contributed by atoms with Gasteiger partial charge in [-0.1, -0.05) is 0 Å². The molecule has 3 aromatic rings. The number of aromatic nitrogens is 3. The van der Waals surface area contributed by atoms with Gasteiger partial charge in [-0.15, -0.1) is 11.3 Å². The average Bonchev–Trinajstić information content (AvgIpc) is 3.42. The minimum atomic E-state index is -0.935. The Balaban J connectivity index is 1.46. The molecule has 0 spiro atoms. The van der Waals surface area contributed by atoms with E-state index in [1.54, 1.807) is 18.5 Å². The average molecular weight is 397 g/mol. The number of pyridine rings is 1. The van der Waals surface area contributed by atoms with E-state index in [0.29, 0.717) is 29.6 Å². The van der Waals surface area contributed by atoms with Crippen LogP contribution in [0.4, 0.5) is 9.93 Å². The smallest absolute Gasteiger partial charge is 0.407 e. The number of thiazole rings is 1. The summed E-state index contributed by atoms with van der Waals surface area (Å²) in [7, 11) is 0. The third-order valence-electron chi connectivity index (χ3n) is 4.75. The largest absolute Gasteiger partial charge is 0.465 e. The van der Waals surface area contributed by atoms with E-state index >= 15 is 0 Å². The number of carbonyl (C=O) groups is 2. The minimum absolute atomic E-state index is 0.241. The Kier molecular flexibility index (Phi) is 5.07. The van der Waals surface area contributed by atoms with Crippen LogP contribution in [-0.2, 0) is 6.54 Å². The second-order valence-electron chi connectivity index (χ2n) is 6.54. The fraction of sp³-hybridized carbons (Fsp3) is 0.263. The van der Waals surface area contributed by atoms with E-state index in [-0.39, 0.29) is 11.9 Å². The molecule has 1 atom stereocenters. The summed E-state index contributed by atoms with van der Waals surface area (Å²) in [4.78, 5) is 33.9. The lowest BCUT2D eigenvalue weighted by Crippen LogP contribution is -2.28. The van der Waals surface area contributed by atoms with E-state index in [9.17, 15) is 14.7 Å². The van der Waals surface area contributed by atoms with Crippen LogP contribution >= 0.6 is 11.3 Å². The van der Waals surface area contributed by atoms with Gasteiger partial charge in [0.05, 0.1) is 11.7 Å². The Hall–Kier alpha value is -3.20. The Labute approximate surface area is 165 Å². The first-order valence-corrected chi connectivity index (χ1v) is 9.80. The molecule has 0 aromatic carbocycles. The zero-order chi connectivity index (χ0) is 19.5. The molecule has 0 radical (unpaired) electrons. The highest BCUT2D eigenvalue weighted by Crippen LogP contribution is 2.33. The van der Waals surface area contributed by atoms with Crippen molar-refractivity contribution in [2.75, 3.05) is 11.9 Å². The summed E-state index contributed by atoms with van der Waals surface area (Å²) in [6.07, 6.45) is 5.93. The number of nitrogens with one attached hydrogen (secondary N) is 1. The van der Waals surface area contributed by atoms with Crippen molar-refractivity contribution >= 4 is 28.5 Å². The van der Waals surface area contributed by atoms with Gasteiger partial charge >= 0.3 is 6.09 Å². The molecule has 9 heteroatoms. The maximum absolute atomic E-state index is 12.7. The molecule has 144 valence electrons.